The summed E-state index contributed by atoms with van der Waals surface area (Å²) in [5.74, 6) is 0. The minimum Gasteiger partial charge on any atom is -0.294 e. The fourth-order valence-electron chi connectivity index (χ4n) is 3.54. The third-order valence-corrected chi connectivity index (χ3v) is 6.28. The van der Waals surface area contributed by atoms with Gasteiger partial charge in [0.25, 0.3) is 0 Å². The van der Waals surface area contributed by atoms with Crippen LogP contribution in [0.15, 0.2) is 41.3 Å². The molecule has 0 atom stereocenters. The van der Waals surface area contributed by atoms with Crippen molar-refractivity contribution in [2.24, 2.45) is 0 Å². The van der Waals surface area contributed by atoms with Gasteiger partial charge in [-0.25, -0.2) is 18.4 Å². The fraction of sp³-hybridized carbons (Fsp3) is 0.300. The number of halogens is 1. The molecule has 0 spiro atoms. The molecule has 1 aromatic carbocycles. The van der Waals surface area contributed by atoms with Crippen LogP contribution in [0.1, 0.15) is 22.5 Å². The number of nitrogens with zero attached hydrogens (tertiary/aromatic N) is 3. The number of aromatic nitrogens is 2. The number of sulfone groups is 1. The van der Waals surface area contributed by atoms with Crippen LogP contribution in [0.3, 0.4) is 0 Å². The molecule has 0 N–H and O–H groups in total. The van der Waals surface area contributed by atoms with Gasteiger partial charge in [0.15, 0.2) is 15.5 Å². The maximum Gasteiger partial charge on any atom is 0.175 e. The minimum atomic E-state index is -3.33. The first-order chi connectivity index (χ1) is 12.8. The minimum absolute atomic E-state index is 0.303. The van der Waals surface area contributed by atoms with Crippen molar-refractivity contribution < 1.29 is 8.42 Å². The third kappa shape index (κ3) is 3.83. The molecule has 0 radical (unpaired) electrons. The van der Waals surface area contributed by atoms with Crippen LogP contribution in [0.5, 0.6) is 0 Å². The highest BCUT2D eigenvalue weighted by Crippen LogP contribution is 2.26. The first-order valence-corrected chi connectivity index (χ1v) is 11.0. The highest BCUT2D eigenvalue weighted by atomic mass is 35.5. The fourth-order valence-corrected chi connectivity index (χ4v) is 4.73. The number of rotatable bonds is 3. The monoisotopic (exact) mass is 401 g/mol. The predicted molar refractivity (Wildman–Crippen MR) is 107 cm³/mol. The number of aryl methyl sites for hydroxylation is 1. The van der Waals surface area contributed by atoms with Gasteiger partial charge in [-0.2, -0.15) is 0 Å². The Kier molecular flexibility index (Phi) is 4.66. The molecule has 0 bridgehead atoms. The van der Waals surface area contributed by atoms with Crippen molar-refractivity contribution in [3.05, 3.63) is 63.9 Å². The largest absolute Gasteiger partial charge is 0.294 e. The third-order valence-electron chi connectivity index (χ3n) is 4.87. The summed E-state index contributed by atoms with van der Waals surface area (Å²) in [5, 5.41) is 1.46. The first-order valence-electron chi connectivity index (χ1n) is 8.76. The van der Waals surface area contributed by atoms with E-state index in [4.69, 9.17) is 16.6 Å². The van der Waals surface area contributed by atoms with E-state index in [0.717, 1.165) is 47.5 Å². The number of pyridine rings is 2. The summed E-state index contributed by atoms with van der Waals surface area (Å²) >= 11 is 6.01. The lowest BCUT2D eigenvalue weighted by molar-refractivity contribution is 0.242. The second kappa shape index (κ2) is 6.86. The van der Waals surface area contributed by atoms with E-state index in [2.05, 4.69) is 16.0 Å². The van der Waals surface area contributed by atoms with E-state index in [1.54, 1.807) is 12.1 Å². The van der Waals surface area contributed by atoms with Gasteiger partial charge < -0.3 is 0 Å². The average molecular weight is 402 g/mol. The van der Waals surface area contributed by atoms with Gasteiger partial charge in [-0.05, 0) is 48.4 Å². The van der Waals surface area contributed by atoms with Gasteiger partial charge >= 0.3 is 0 Å². The Morgan fingerprint density at radius 1 is 1.15 bits per heavy atom. The van der Waals surface area contributed by atoms with Gasteiger partial charge in [-0.1, -0.05) is 17.7 Å². The van der Waals surface area contributed by atoms with Gasteiger partial charge in [-0.15, -0.1) is 0 Å². The zero-order valence-electron chi connectivity index (χ0n) is 15.2. The second-order valence-corrected chi connectivity index (χ2v) is 9.50. The van der Waals surface area contributed by atoms with Crippen molar-refractivity contribution >= 4 is 32.5 Å². The summed E-state index contributed by atoms with van der Waals surface area (Å²) in [7, 11) is -3.33. The predicted octanol–water partition coefficient (Wildman–Crippen LogP) is 3.55. The maximum atomic E-state index is 12.1. The molecule has 0 unspecified atom stereocenters. The summed E-state index contributed by atoms with van der Waals surface area (Å²) in [6.45, 7) is 4.08. The Balaban J connectivity index is 1.63. The molecule has 1 aliphatic heterocycles. The summed E-state index contributed by atoms with van der Waals surface area (Å²) in [6, 6.07) is 11.3. The topological polar surface area (TPSA) is 63.2 Å². The Labute approximate surface area is 163 Å². The van der Waals surface area contributed by atoms with Crippen LogP contribution in [0.4, 0.5) is 0 Å². The van der Waals surface area contributed by atoms with Crippen LogP contribution in [0.25, 0.3) is 11.0 Å². The summed E-state index contributed by atoms with van der Waals surface area (Å²) in [5.41, 5.74) is 4.78. The molecular formula is C20H20ClN3O2S. The zero-order valence-corrected chi connectivity index (χ0v) is 16.8. The smallest absolute Gasteiger partial charge is 0.175 e. The quantitative estimate of drug-likeness (QED) is 0.671. The first kappa shape index (κ1) is 18.3. The Morgan fingerprint density at radius 2 is 1.96 bits per heavy atom. The van der Waals surface area contributed by atoms with Crippen LogP contribution >= 0.6 is 11.6 Å². The molecule has 7 heteroatoms. The summed E-state index contributed by atoms with van der Waals surface area (Å²) in [6.07, 6.45) is 2.04. The molecule has 0 saturated heterocycles. The molecule has 3 heterocycles. The molecule has 0 fully saturated rings. The number of hydrogen-bond donors (Lipinski definition) is 0. The lowest BCUT2D eigenvalue weighted by atomic mass is 10.0. The van der Waals surface area contributed by atoms with Crippen molar-refractivity contribution in [1.82, 2.24) is 14.9 Å². The van der Waals surface area contributed by atoms with Crippen molar-refractivity contribution in [2.75, 3.05) is 12.8 Å². The highest BCUT2D eigenvalue weighted by molar-refractivity contribution is 7.90. The van der Waals surface area contributed by atoms with Crippen molar-refractivity contribution in [3.8, 4) is 0 Å². The molecule has 0 aliphatic carbocycles. The molecular weight excluding hydrogens is 382 g/mol. The van der Waals surface area contributed by atoms with Crippen LogP contribution < -0.4 is 0 Å². The molecule has 0 amide bonds. The molecule has 3 aromatic rings. The van der Waals surface area contributed by atoms with Crippen LogP contribution in [0.2, 0.25) is 5.02 Å². The van der Waals surface area contributed by atoms with E-state index in [9.17, 15) is 8.42 Å². The van der Waals surface area contributed by atoms with Crippen LogP contribution in [0, 0.1) is 6.92 Å². The molecule has 2 aromatic heterocycles. The van der Waals surface area contributed by atoms with Gasteiger partial charge in [0, 0.05) is 54.1 Å². The van der Waals surface area contributed by atoms with Crippen LogP contribution in [-0.4, -0.2) is 36.1 Å². The van der Waals surface area contributed by atoms with E-state index in [1.807, 2.05) is 19.1 Å². The zero-order chi connectivity index (χ0) is 19.2. The Bertz CT molecular complexity index is 1150. The molecule has 140 valence electrons. The van der Waals surface area contributed by atoms with E-state index in [1.165, 1.54) is 17.9 Å². The van der Waals surface area contributed by atoms with Crippen LogP contribution in [-0.2, 0) is 29.3 Å². The maximum absolute atomic E-state index is 12.1. The van der Waals surface area contributed by atoms with E-state index in [0.29, 0.717) is 16.5 Å². The summed E-state index contributed by atoms with van der Waals surface area (Å²) in [4.78, 5) is 11.8. The Morgan fingerprint density at radius 3 is 2.74 bits per heavy atom. The highest BCUT2D eigenvalue weighted by Gasteiger charge is 2.21. The van der Waals surface area contributed by atoms with Gasteiger partial charge in [-0.3, -0.25) is 4.90 Å². The molecule has 5 nitrogen and oxygen atoms in total. The molecule has 0 saturated carbocycles. The number of hydrogen-bond acceptors (Lipinski definition) is 5. The lowest BCUT2D eigenvalue weighted by Gasteiger charge is -2.29. The second-order valence-electron chi connectivity index (χ2n) is 7.08. The van der Waals surface area contributed by atoms with Gasteiger partial charge in [0.1, 0.15) is 0 Å². The molecule has 1 aliphatic rings. The van der Waals surface area contributed by atoms with Crippen molar-refractivity contribution in [1.29, 1.82) is 0 Å². The van der Waals surface area contributed by atoms with E-state index in [-0.39, 0.29) is 0 Å². The van der Waals surface area contributed by atoms with Gasteiger partial charge in [0.2, 0.25) is 0 Å². The van der Waals surface area contributed by atoms with Crippen molar-refractivity contribution in [2.45, 2.75) is 31.3 Å². The van der Waals surface area contributed by atoms with E-state index >= 15 is 0 Å². The molecule has 27 heavy (non-hydrogen) atoms. The SMILES string of the molecule is Cc1ccc2cc3c(nc2n1)CCN(Cc1ccc(Cl)cc1S(C)(=O)=O)C3. The van der Waals surface area contributed by atoms with Gasteiger partial charge in [0.05, 0.1) is 4.90 Å². The lowest BCUT2D eigenvalue weighted by Crippen LogP contribution is -2.31. The van der Waals surface area contributed by atoms with E-state index < -0.39 is 9.84 Å². The normalized spacial score (nSPS) is 15.1. The summed E-state index contributed by atoms with van der Waals surface area (Å²) < 4.78 is 24.3. The van der Waals surface area contributed by atoms with Crippen molar-refractivity contribution in [3.63, 3.8) is 0 Å². The Hall–Kier alpha value is -2.02. The number of fused-ring (bicyclic) bond motifs is 2. The average Bonchev–Trinajstić information content (AvgIpc) is 2.60. The standard InChI is InChI=1S/C20H20ClN3O2S/c1-13-3-4-14-9-16-12-24(8-7-18(16)23-20(14)22-13)11-15-5-6-17(21)10-19(15)27(2,25)26/h3-6,9-10H,7-8,11-12H2,1-2H3. The number of benzene rings is 1. The molecule has 4 rings (SSSR count).